The number of primary amides is 1. The quantitative estimate of drug-likeness (QED) is 0.414. The molecule has 5 N–H and O–H groups in total. The molecule has 1 aromatic heterocycles. The van der Waals surface area contributed by atoms with Gasteiger partial charge in [-0.1, -0.05) is 6.92 Å². The number of hydrogen-bond acceptors (Lipinski definition) is 3. The summed E-state index contributed by atoms with van der Waals surface area (Å²) >= 11 is 0. The normalized spacial score (nSPS) is 12.7. The van der Waals surface area contributed by atoms with E-state index >= 15 is 0 Å². The van der Waals surface area contributed by atoms with Crippen molar-refractivity contribution in [3.63, 3.8) is 0 Å². The number of nitrogens with zero attached hydrogens (tertiary/aromatic N) is 1. The van der Waals surface area contributed by atoms with Gasteiger partial charge in [0.1, 0.15) is 18.6 Å². The van der Waals surface area contributed by atoms with Crippen molar-refractivity contribution in [2.75, 3.05) is 0 Å². The molecule has 0 saturated carbocycles. The van der Waals surface area contributed by atoms with Crippen LogP contribution in [0, 0.1) is 0 Å². The Morgan fingerprint density at radius 1 is 1.56 bits per heavy atom. The monoisotopic (exact) mass is 366 g/mol. The Bertz CT molecular complexity index is 417. The number of nitrogens with one attached hydrogen (secondary N) is 1. The van der Waals surface area contributed by atoms with Crippen LogP contribution >= 0.6 is 24.0 Å². The highest BCUT2D eigenvalue weighted by molar-refractivity contribution is 14.0. The van der Waals surface area contributed by atoms with Gasteiger partial charge in [-0.25, -0.2) is 4.99 Å². The molecule has 0 aliphatic rings. The van der Waals surface area contributed by atoms with Gasteiger partial charge in [0.2, 0.25) is 0 Å². The molecule has 1 heterocycles. The molecule has 0 saturated heterocycles. The van der Waals surface area contributed by atoms with Crippen molar-refractivity contribution in [3.8, 4) is 0 Å². The highest BCUT2D eigenvalue weighted by Gasteiger charge is 2.06. The van der Waals surface area contributed by atoms with Crippen LogP contribution in [0.2, 0.25) is 0 Å². The van der Waals surface area contributed by atoms with Crippen LogP contribution in [-0.2, 0) is 6.54 Å². The third-order valence-electron chi connectivity index (χ3n) is 2.35. The first-order valence-electron chi connectivity index (χ1n) is 5.46. The highest BCUT2D eigenvalue weighted by Crippen LogP contribution is 2.08. The summed E-state index contributed by atoms with van der Waals surface area (Å²) in [4.78, 5) is 14.9. The molecule has 7 heteroatoms. The van der Waals surface area contributed by atoms with E-state index < -0.39 is 5.91 Å². The van der Waals surface area contributed by atoms with Crippen LogP contribution in [0.1, 0.15) is 36.4 Å². The van der Waals surface area contributed by atoms with Crippen molar-refractivity contribution >= 4 is 35.8 Å². The van der Waals surface area contributed by atoms with Crippen molar-refractivity contribution in [1.29, 1.82) is 0 Å². The number of carbonyl (C=O) groups excluding carboxylic acids is 1. The summed E-state index contributed by atoms with van der Waals surface area (Å²) in [7, 11) is 0. The lowest BCUT2D eigenvalue weighted by atomic mass is 10.3. The van der Waals surface area contributed by atoms with Crippen molar-refractivity contribution in [1.82, 2.24) is 5.32 Å². The van der Waals surface area contributed by atoms with E-state index in [1.165, 1.54) is 6.26 Å². The third kappa shape index (κ3) is 5.39. The van der Waals surface area contributed by atoms with Crippen LogP contribution in [0.15, 0.2) is 21.7 Å². The van der Waals surface area contributed by atoms with Gasteiger partial charge in [-0.05, 0) is 19.4 Å². The topological polar surface area (TPSA) is 107 Å². The number of hydrogen-bond donors (Lipinski definition) is 3. The Morgan fingerprint density at radius 3 is 2.72 bits per heavy atom. The minimum absolute atomic E-state index is 0. The molecule has 1 aromatic rings. The standard InChI is InChI=1S/C11H18N4O2.HI/c1-3-7(2)15-11(13)14-5-9-4-8(6-17-9)10(12)16;/h4,6-7H,3,5H2,1-2H3,(H2,12,16)(H3,13,14,15);1H. The molecule has 0 aromatic carbocycles. The second-order valence-corrected chi connectivity index (χ2v) is 3.82. The number of rotatable bonds is 5. The lowest BCUT2D eigenvalue weighted by Crippen LogP contribution is -2.38. The number of amides is 1. The van der Waals surface area contributed by atoms with Gasteiger partial charge >= 0.3 is 0 Å². The number of halogens is 1. The summed E-state index contributed by atoms with van der Waals surface area (Å²) in [6.07, 6.45) is 2.27. The highest BCUT2D eigenvalue weighted by atomic mass is 127. The molecule has 0 bridgehead atoms. The SMILES string of the molecule is CCC(C)NC(N)=NCc1cc(C(N)=O)co1.I. The summed E-state index contributed by atoms with van der Waals surface area (Å²) in [6, 6.07) is 1.83. The maximum absolute atomic E-state index is 10.8. The Morgan fingerprint density at radius 2 is 2.22 bits per heavy atom. The molecule has 0 aliphatic carbocycles. The summed E-state index contributed by atoms with van der Waals surface area (Å²) in [6.45, 7) is 4.35. The van der Waals surface area contributed by atoms with Gasteiger partial charge < -0.3 is 21.2 Å². The van der Waals surface area contributed by atoms with Crippen LogP contribution in [0.4, 0.5) is 0 Å². The number of nitrogens with two attached hydrogens (primary N) is 2. The molecule has 1 atom stereocenters. The molecule has 0 spiro atoms. The van der Waals surface area contributed by atoms with E-state index in [-0.39, 0.29) is 36.6 Å². The molecule has 102 valence electrons. The second-order valence-electron chi connectivity index (χ2n) is 3.82. The van der Waals surface area contributed by atoms with Crippen molar-refractivity contribution in [2.24, 2.45) is 16.5 Å². The fourth-order valence-electron chi connectivity index (χ4n) is 1.16. The Hall–Kier alpha value is -1.25. The van der Waals surface area contributed by atoms with E-state index in [0.717, 1.165) is 6.42 Å². The molecule has 1 unspecified atom stereocenters. The summed E-state index contributed by atoms with van der Waals surface area (Å²) in [5.41, 5.74) is 11.1. The predicted molar refractivity (Wildman–Crippen MR) is 80.9 cm³/mol. The lowest BCUT2D eigenvalue weighted by Gasteiger charge is -2.11. The lowest BCUT2D eigenvalue weighted by molar-refractivity contribution is 0.0999. The van der Waals surface area contributed by atoms with E-state index in [4.69, 9.17) is 15.9 Å². The Labute approximate surface area is 123 Å². The minimum atomic E-state index is -0.519. The zero-order valence-electron chi connectivity index (χ0n) is 10.5. The molecule has 1 amide bonds. The Kier molecular flexibility index (Phi) is 7.41. The first-order valence-corrected chi connectivity index (χ1v) is 5.46. The molecular weight excluding hydrogens is 347 g/mol. The van der Waals surface area contributed by atoms with Crippen LogP contribution in [0.25, 0.3) is 0 Å². The van der Waals surface area contributed by atoms with Gasteiger partial charge in [-0.15, -0.1) is 24.0 Å². The maximum Gasteiger partial charge on any atom is 0.251 e. The Balaban J connectivity index is 0.00000289. The van der Waals surface area contributed by atoms with E-state index in [1.54, 1.807) is 6.07 Å². The van der Waals surface area contributed by atoms with Gasteiger partial charge in [0.05, 0.1) is 5.56 Å². The first-order chi connectivity index (χ1) is 8.02. The van der Waals surface area contributed by atoms with Crippen molar-refractivity contribution < 1.29 is 9.21 Å². The van der Waals surface area contributed by atoms with Crippen molar-refractivity contribution in [3.05, 3.63) is 23.7 Å². The van der Waals surface area contributed by atoms with Gasteiger partial charge in [0, 0.05) is 6.04 Å². The zero-order chi connectivity index (χ0) is 12.8. The first kappa shape index (κ1) is 16.8. The summed E-state index contributed by atoms with van der Waals surface area (Å²) in [5.74, 6) is 0.388. The molecular formula is C11H19IN4O2. The number of carbonyl (C=O) groups is 1. The number of guanidine groups is 1. The summed E-state index contributed by atoms with van der Waals surface area (Å²) < 4.78 is 5.12. The average Bonchev–Trinajstić information content (AvgIpc) is 2.75. The van der Waals surface area contributed by atoms with Gasteiger partial charge in [0.15, 0.2) is 5.96 Å². The van der Waals surface area contributed by atoms with E-state index in [9.17, 15) is 4.79 Å². The van der Waals surface area contributed by atoms with Gasteiger partial charge in [-0.3, -0.25) is 4.79 Å². The predicted octanol–water partition coefficient (Wildman–Crippen LogP) is 1.20. The minimum Gasteiger partial charge on any atom is -0.467 e. The van der Waals surface area contributed by atoms with E-state index in [0.29, 0.717) is 17.3 Å². The zero-order valence-corrected chi connectivity index (χ0v) is 12.8. The van der Waals surface area contributed by atoms with Crippen LogP contribution < -0.4 is 16.8 Å². The average molecular weight is 366 g/mol. The molecule has 18 heavy (non-hydrogen) atoms. The largest absolute Gasteiger partial charge is 0.467 e. The van der Waals surface area contributed by atoms with Crippen LogP contribution in [-0.4, -0.2) is 17.9 Å². The van der Waals surface area contributed by atoms with E-state index in [1.807, 2.05) is 6.92 Å². The molecule has 0 fully saturated rings. The smallest absolute Gasteiger partial charge is 0.251 e. The van der Waals surface area contributed by atoms with Crippen LogP contribution in [0.5, 0.6) is 0 Å². The van der Waals surface area contributed by atoms with Crippen molar-refractivity contribution in [2.45, 2.75) is 32.9 Å². The van der Waals surface area contributed by atoms with Gasteiger partial charge in [0.25, 0.3) is 5.91 Å². The fourth-order valence-corrected chi connectivity index (χ4v) is 1.16. The summed E-state index contributed by atoms with van der Waals surface area (Å²) in [5, 5.41) is 3.02. The number of aliphatic imine (C=N–C) groups is 1. The van der Waals surface area contributed by atoms with Gasteiger partial charge in [-0.2, -0.15) is 0 Å². The molecule has 1 rings (SSSR count). The van der Waals surface area contributed by atoms with Crippen LogP contribution in [0.3, 0.4) is 0 Å². The third-order valence-corrected chi connectivity index (χ3v) is 2.35. The maximum atomic E-state index is 10.8. The van der Waals surface area contributed by atoms with E-state index in [2.05, 4.69) is 17.2 Å². The molecule has 6 nitrogen and oxygen atoms in total. The molecule has 0 radical (unpaired) electrons. The molecule has 0 aliphatic heterocycles. The fraction of sp³-hybridized carbons (Fsp3) is 0.455. The number of furan rings is 1. The second kappa shape index (κ2) is 7.96.